The van der Waals surface area contributed by atoms with E-state index >= 15 is 0 Å². The standard InChI is InChI=1S/C10H16N4/c1-2-10(1)12-6-5-11-7-9-3-4-13-14-8-9/h3-4,8,10-12H,1-2,5-7H2. The van der Waals surface area contributed by atoms with E-state index < -0.39 is 0 Å². The highest BCUT2D eigenvalue weighted by Gasteiger charge is 2.19. The van der Waals surface area contributed by atoms with Gasteiger partial charge in [-0.2, -0.15) is 10.2 Å². The maximum Gasteiger partial charge on any atom is 0.0541 e. The van der Waals surface area contributed by atoms with Crippen LogP contribution in [0.3, 0.4) is 0 Å². The number of rotatable bonds is 6. The highest BCUT2D eigenvalue weighted by Crippen LogP contribution is 2.17. The summed E-state index contributed by atoms with van der Waals surface area (Å²) in [7, 11) is 0. The highest BCUT2D eigenvalue weighted by atomic mass is 15.1. The van der Waals surface area contributed by atoms with Gasteiger partial charge in [-0.05, 0) is 24.5 Å². The molecule has 1 saturated carbocycles. The average molecular weight is 192 g/mol. The molecule has 4 nitrogen and oxygen atoms in total. The minimum absolute atomic E-state index is 0.805. The van der Waals surface area contributed by atoms with Gasteiger partial charge in [0.15, 0.2) is 0 Å². The summed E-state index contributed by atoms with van der Waals surface area (Å²) in [4.78, 5) is 0. The Morgan fingerprint density at radius 1 is 1.29 bits per heavy atom. The number of nitrogens with zero attached hydrogens (tertiary/aromatic N) is 2. The molecule has 2 N–H and O–H groups in total. The lowest BCUT2D eigenvalue weighted by Gasteiger charge is -2.04. The molecule has 1 aromatic rings. The number of aromatic nitrogens is 2. The highest BCUT2D eigenvalue weighted by molar-refractivity contribution is 5.04. The Kier molecular flexibility index (Phi) is 3.43. The Morgan fingerprint density at radius 3 is 2.93 bits per heavy atom. The van der Waals surface area contributed by atoms with Crippen molar-refractivity contribution in [1.82, 2.24) is 20.8 Å². The molecule has 1 heterocycles. The van der Waals surface area contributed by atoms with Gasteiger partial charge in [0, 0.05) is 31.9 Å². The van der Waals surface area contributed by atoms with Crippen molar-refractivity contribution < 1.29 is 0 Å². The van der Waals surface area contributed by atoms with Gasteiger partial charge < -0.3 is 10.6 Å². The van der Waals surface area contributed by atoms with Crippen LogP contribution in [0.15, 0.2) is 18.5 Å². The molecule has 0 radical (unpaired) electrons. The van der Waals surface area contributed by atoms with Crippen LogP contribution in [0, 0.1) is 0 Å². The fourth-order valence-corrected chi connectivity index (χ4v) is 1.31. The summed E-state index contributed by atoms with van der Waals surface area (Å²) in [5.74, 6) is 0. The Bertz CT molecular complexity index is 258. The molecular weight excluding hydrogens is 176 g/mol. The SMILES string of the molecule is c1cc(CNCCNC2CC2)cnn1. The van der Waals surface area contributed by atoms with Crippen molar-refractivity contribution >= 4 is 0 Å². The molecular formula is C10H16N4. The van der Waals surface area contributed by atoms with Crippen LogP contribution in [0.2, 0.25) is 0 Å². The summed E-state index contributed by atoms with van der Waals surface area (Å²) < 4.78 is 0. The molecule has 0 aromatic carbocycles. The summed E-state index contributed by atoms with van der Waals surface area (Å²) in [5.41, 5.74) is 1.19. The molecule has 1 aliphatic rings. The molecule has 1 aromatic heterocycles. The maximum absolute atomic E-state index is 3.82. The minimum Gasteiger partial charge on any atom is -0.313 e. The third kappa shape index (κ3) is 3.40. The van der Waals surface area contributed by atoms with E-state index in [1.54, 1.807) is 12.4 Å². The zero-order chi connectivity index (χ0) is 9.64. The average Bonchev–Trinajstić information content (AvgIpc) is 3.03. The Morgan fingerprint density at radius 2 is 2.21 bits per heavy atom. The predicted molar refractivity (Wildman–Crippen MR) is 54.8 cm³/mol. The number of nitrogens with one attached hydrogen (secondary N) is 2. The summed E-state index contributed by atoms with van der Waals surface area (Å²) in [6, 6.07) is 2.79. The summed E-state index contributed by atoms with van der Waals surface area (Å²) in [5, 5.41) is 14.4. The van der Waals surface area contributed by atoms with Crippen molar-refractivity contribution in [2.45, 2.75) is 25.4 Å². The molecule has 0 atom stereocenters. The molecule has 0 spiro atoms. The first-order chi connectivity index (χ1) is 6.95. The molecule has 1 fully saturated rings. The van der Waals surface area contributed by atoms with Gasteiger partial charge in [0.2, 0.25) is 0 Å². The van der Waals surface area contributed by atoms with Gasteiger partial charge in [-0.1, -0.05) is 0 Å². The molecule has 14 heavy (non-hydrogen) atoms. The van der Waals surface area contributed by atoms with E-state index in [1.165, 1.54) is 18.4 Å². The molecule has 4 heteroatoms. The monoisotopic (exact) mass is 192 g/mol. The second kappa shape index (κ2) is 5.02. The first kappa shape index (κ1) is 9.55. The van der Waals surface area contributed by atoms with Crippen LogP contribution in [0.5, 0.6) is 0 Å². The first-order valence-electron chi connectivity index (χ1n) is 5.15. The number of hydrogen-bond acceptors (Lipinski definition) is 4. The third-order valence-corrected chi connectivity index (χ3v) is 2.29. The van der Waals surface area contributed by atoms with Crippen LogP contribution in [0.1, 0.15) is 18.4 Å². The van der Waals surface area contributed by atoms with Crippen LogP contribution >= 0.6 is 0 Å². The molecule has 1 aliphatic carbocycles. The van der Waals surface area contributed by atoms with Crippen molar-refractivity contribution in [2.24, 2.45) is 0 Å². The lowest BCUT2D eigenvalue weighted by molar-refractivity contribution is 0.607. The molecule has 0 unspecified atom stereocenters. The molecule has 76 valence electrons. The van der Waals surface area contributed by atoms with Crippen molar-refractivity contribution in [1.29, 1.82) is 0 Å². The quantitative estimate of drug-likeness (QED) is 0.637. The van der Waals surface area contributed by atoms with Gasteiger partial charge in [-0.3, -0.25) is 0 Å². The fourth-order valence-electron chi connectivity index (χ4n) is 1.31. The zero-order valence-corrected chi connectivity index (χ0v) is 8.24. The van der Waals surface area contributed by atoms with Crippen molar-refractivity contribution in [3.05, 3.63) is 24.0 Å². The van der Waals surface area contributed by atoms with Gasteiger partial charge in [0.25, 0.3) is 0 Å². The Balaban J connectivity index is 1.54. The minimum atomic E-state index is 0.805. The topological polar surface area (TPSA) is 49.8 Å². The molecule has 0 aliphatic heterocycles. The van der Waals surface area contributed by atoms with Gasteiger partial charge in [0.1, 0.15) is 0 Å². The lowest BCUT2D eigenvalue weighted by Crippen LogP contribution is -2.28. The molecule has 0 saturated heterocycles. The lowest BCUT2D eigenvalue weighted by atomic mass is 10.3. The van der Waals surface area contributed by atoms with Crippen LogP contribution in [-0.2, 0) is 6.54 Å². The van der Waals surface area contributed by atoms with E-state index in [1.807, 2.05) is 6.07 Å². The van der Waals surface area contributed by atoms with E-state index in [9.17, 15) is 0 Å². The summed E-state index contributed by atoms with van der Waals surface area (Å²) in [6.07, 6.45) is 6.23. The van der Waals surface area contributed by atoms with Gasteiger partial charge in [-0.25, -0.2) is 0 Å². The zero-order valence-electron chi connectivity index (χ0n) is 8.24. The van der Waals surface area contributed by atoms with E-state index in [0.29, 0.717) is 0 Å². The normalized spacial score (nSPS) is 15.7. The van der Waals surface area contributed by atoms with E-state index in [2.05, 4.69) is 20.8 Å². The van der Waals surface area contributed by atoms with E-state index in [4.69, 9.17) is 0 Å². The fraction of sp³-hybridized carbons (Fsp3) is 0.600. The maximum atomic E-state index is 3.82. The second-order valence-electron chi connectivity index (χ2n) is 3.66. The Hall–Kier alpha value is -1.00. The predicted octanol–water partition coefficient (Wildman–Crippen LogP) is 0.318. The van der Waals surface area contributed by atoms with Crippen LogP contribution < -0.4 is 10.6 Å². The first-order valence-corrected chi connectivity index (χ1v) is 5.15. The van der Waals surface area contributed by atoms with Crippen molar-refractivity contribution in [3.63, 3.8) is 0 Å². The molecule has 0 amide bonds. The third-order valence-electron chi connectivity index (χ3n) is 2.29. The number of hydrogen-bond donors (Lipinski definition) is 2. The van der Waals surface area contributed by atoms with Crippen LogP contribution in [0.4, 0.5) is 0 Å². The van der Waals surface area contributed by atoms with Gasteiger partial charge in [0.05, 0.1) is 6.20 Å². The molecule has 2 rings (SSSR count). The Labute approximate surface area is 84.1 Å². The summed E-state index contributed by atoms with van der Waals surface area (Å²) in [6.45, 7) is 2.95. The van der Waals surface area contributed by atoms with Gasteiger partial charge in [-0.15, -0.1) is 0 Å². The van der Waals surface area contributed by atoms with Crippen molar-refractivity contribution in [2.75, 3.05) is 13.1 Å². The smallest absolute Gasteiger partial charge is 0.0541 e. The van der Waals surface area contributed by atoms with Crippen molar-refractivity contribution in [3.8, 4) is 0 Å². The largest absolute Gasteiger partial charge is 0.313 e. The molecule has 0 bridgehead atoms. The van der Waals surface area contributed by atoms with E-state index in [-0.39, 0.29) is 0 Å². The summed E-state index contributed by atoms with van der Waals surface area (Å²) >= 11 is 0. The van der Waals surface area contributed by atoms with E-state index in [0.717, 1.165) is 25.7 Å². The van der Waals surface area contributed by atoms with Crippen LogP contribution in [-0.4, -0.2) is 29.3 Å². The van der Waals surface area contributed by atoms with Gasteiger partial charge >= 0.3 is 0 Å². The van der Waals surface area contributed by atoms with Crippen LogP contribution in [0.25, 0.3) is 0 Å². The second-order valence-corrected chi connectivity index (χ2v) is 3.66.